The second-order valence-electron chi connectivity index (χ2n) is 5.66. The van der Waals surface area contributed by atoms with E-state index in [9.17, 15) is 9.90 Å². The average Bonchev–Trinajstić information content (AvgIpc) is 2.48. The van der Waals surface area contributed by atoms with Gasteiger partial charge in [-0.1, -0.05) is 50.5 Å². The van der Waals surface area contributed by atoms with Crippen molar-refractivity contribution in [3.05, 3.63) is 35.4 Å². The molecule has 0 aliphatic heterocycles. The van der Waals surface area contributed by atoms with Crippen LogP contribution in [0.4, 0.5) is 0 Å². The molecule has 104 valence electrons. The third-order valence-electron chi connectivity index (χ3n) is 4.24. The second-order valence-corrected chi connectivity index (χ2v) is 5.66. The molecule has 0 radical (unpaired) electrons. The van der Waals surface area contributed by atoms with Crippen LogP contribution in [0.2, 0.25) is 0 Å². The molecule has 1 N–H and O–H groups in total. The normalized spacial score (nSPS) is 18.2. The molecule has 2 rings (SSSR count). The van der Waals surface area contributed by atoms with Crippen LogP contribution in [0, 0.1) is 5.92 Å². The molecule has 2 nitrogen and oxygen atoms in total. The average molecular weight is 260 g/mol. The van der Waals surface area contributed by atoms with Gasteiger partial charge in [0.25, 0.3) is 0 Å². The first-order chi connectivity index (χ1) is 9.20. The number of Topliss-reactive ketones (excluding diaryl/α,β-unsaturated/α-hetero) is 1. The SMILES string of the molecule is CCc1ccc(CC(=O)C(O)C2CCCCC2)cc1. The standard InChI is InChI=1S/C17H24O2/c1-2-13-8-10-14(11-9-13)12-16(18)17(19)15-6-4-3-5-7-15/h8-11,15,17,19H,2-7,12H2,1H3. The predicted octanol–water partition coefficient (Wildman–Crippen LogP) is 3.30. The van der Waals surface area contributed by atoms with Gasteiger partial charge in [0, 0.05) is 6.42 Å². The van der Waals surface area contributed by atoms with E-state index in [-0.39, 0.29) is 11.7 Å². The van der Waals surface area contributed by atoms with E-state index in [0.29, 0.717) is 6.42 Å². The van der Waals surface area contributed by atoms with Crippen molar-refractivity contribution in [2.24, 2.45) is 5.92 Å². The maximum atomic E-state index is 12.1. The summed E-state index contributed by atoms with van der Waals surface area (Å²) in [4.78, 5) is 12.1. The third-order valence-corrected chi connectivity index (χ3v) is 4.24. The molecule has 19 heavy (non-hydrogen) atoms. The number of aliphatic hydroxyl groups excluding tert-OH is 1. The number of aliphatic hydroxyl groups is 1. The maximum Gasteiger partial charge on any atom is 0.165 e. The van der Waals surface area contributed by atoms with Crippen LogP contribution in [0.5, 0.6) is 0 Å². The Kier molecular flexibility index (Phi) is 5.15. The minimum atomic E-state index is -0.758. The third kappa shape index (κ3) is 3.90. The quantitative estimate of drug-likeness (QED) is 0.882. The van der Waals surface area contributed by atoms with Crippen molar-refractivity contribution < 1.29 is 9.90 Å². The van der Waals surface area contributed by atoms with Gasteiger partial charge in [0.1, 0.15) is 6.10 Å². The Morgan fingerprint density at radius 2 is 1.74 bits per heavy atom. The van der Waals surface area contributed by atoms with Gasteiger partial charge in [-0.15, -0.1) is 0 Å². The van der Waals surface area contributed by atoms with Crippen LogP contribution in [0.15, 0.2) is 24.3 Å². The molecule has 0 heterocycles. The van der Waals surface area contributed by atoms with Crippen LogP contribution in [0.3, 0.4) is 0 Å². The summed E-state index contributed by atoms with van der Waals surface area (Å²) in [6.07, 6.45) is 6.17. The van der Waals surface area contributed by atoms with Crippen LogP contribution in [-0.4, -0.2) is 17.0 Å². The molecule has 1 aromatic rings. The number of benzene rings is 1. The maximum absolute atomic E-state index is 12.1. The molecule has 1 atom stereocenters. The summed E-state index contributed by atoms with van der Waals surface area (Å²) in [6, 6.07) is 8.14. The Morgan fingerprint density at radius 3 is 2.32 bits per heavy atom. The van der Waals surface area contributed by atoms with E-state index in [2.05, 4.69) is 19.1 Å². The van der Waals surface area contributed by atoms with Gasteiger partial charge >= 0.3 is 0 Å². The molecule has 1 aromatic carbocycles. The highest BCUT2D eigenvalue weighted by atomic mass is 16.3. The lowest BCUT2D eigenvalue weighted by Gasteiger charge is -2.25. The van der Waals surface area contributed by atoms with Gasteiger partial charge < -0.3 is 5.11 Å². The smallest absolute Gasteiger partial charge is 0.165 e. The molecular formula is C17H24O2. The molecule has 1 aliphatic rings. The van der Waals surface area contributed by atoms with E-state index in [1.165, 1.54) is 12.0 Å². The van der Waals surface area contributed by atoms with E-state index < -0.39 is 6.10 Å². The van der Waals surface area contributed by atoms with Gasteiger partial charge in [-0.2, -0.15) is 0 Å². The Hall–Kier alpha value is -1.15. The lowest BCUT2D eigenvalue weighted by Crippen LogP contribution is -2.32. The molecule has 1 aliphatic carbocycles. The van der Waals surface area contributed by atoms with Gasteiger partial charge in [0.15, 0.2) is 5.78 Å². The van der Waals surface area contributed by atoms with Crippen LogP contribution in [-0.2, 0) is 17.6 Å². The highest BCUT2D eigenvalue weighted by Gasteiger charge is 2.27. The molecular weight excluding hydrogens is 236 g/mol. The van der Waals surface area contributed by atoms with Crippen LogP contribution < -0.4 is 0 Å². The summed E-state index contributed by atoms with van der Waals surface area (Å²) < 4.78 is 0. The lowest BCUT2D eigenvalue weighted by molar-refractivity contribution is -0.129. The number of carbonyl (C=O) groups excluding carboxylic acids is 1. The van der Waals surface area contributed by atoms with Gasteiger partial charge in [0.2, 0.25) is 0 Å². The number of aryl methyl sites for hydroxylation is 1. The first-order valence-corrected chi connectivity index (χ1v) is 7.49. The molecule has 0 saturated heterocycles. The first-order valence-electron chi connectivity index (χ1n) is 7.49. The predicted molar refractivity (Wildman–Crippen MR) is 77.1 cm³/mol. The largest absolute Gasteiger partial charge is 0.385 e. The van der Waals surface area contributed by atoms with Crippen molar-refractivity contribution in [2.45, 2.75) is 58.0 Å². The van der Waals surface area contributed by atoms with Crippen LogP contribution in [0.25, 0.3) is 0 Å². The summed E-state index contributed by atoms with van der Waals surface area (Å²) in [7, 11) is 0. The summed E-state index contributed by atoms with van der Waals surface area (Å²) in [5.74, 6) is 0.173. The molecule has 0 amide bonds. The van der Waals surface area contributed by atoms with Crippen molar-refractivity contribution in [1.29, 1.82) is 0 Å². The molecule has 0 bridgehead atoms. The van der Waals surface area contributed by atoms with E-state index in [1.807, 2.05) is 12.1 Å². The van der Waals surface area contributed by atoms with Gasteiger partial charge in [-0.05, 0) is 36.3 Å². The number of hydrogen-bond acceptors (Lipinski definition) is 2. The molecule has 0 aromatic heterocycles. The highest BCUT2D eigenvalue weighted by Crippen LogP contribution is 2.27. The minimum absolute atomic E-state index is 0.0175. The van der Waals surface area contributed by atoms with E-state index in [0.717, 1.165) is 37.7 Å². The first kappa shape index (κ1) is 14.3. The fourth-order valence-electron chi connectivity index (χ4n) is 2.91. The highest BCUT2D eigenvalue weighted by molar-refractivity contribution is 5.85. The Balaban J connectivity index is 1.91. The number of rotatable bonds is 5. The van der Waals surface area contributed by atoms with Crippen molar-refractivity contribution >= 4 is 5.78 Å². The Morgan fingerprint density at radius 1 is 1.16 bits per heavy atom. The zero-order chi connectivity index (χ0) is 13.7. The topological polar surface area (TPSA) is 37.3 Å². The molecule has 0 spiro atoms. The van der Waals surface area contributed by atoms with E-state index in [4.69, 9.17) is 0 Å². The van der Waals surface area contributed by atoms with Crippen molar-refractivity contribution in [3.8, 4) is 0 Å². The molecule has 1 fully saturated rings. The Bertz CT molecular complexity index is 402. The lowest BCUT2D eigenvalue weighted by atomic mass is 9.83. The van der Waals surface area contributed by atoms with Gasteiger partial charge in [-0.3, -0.25) is 4.79 Å². The number of ketones is 1. The van der Waals surface area contributed by atoms with E-state index in [1.54, 1.807) is 0 Å². The molecule has 1 saturated carbocycles. The van der Waals surface area contributed by atoms with Crippen molar-refractivity contribution in [2.75, 3.05) is 0 Å². The monoisotopic (exact) mass is 260 g/mol. The van der Waals surface area contributed by atoms with Gasteiger partial charge in [-0.25, -0.2) is 0 Å². The fourth-order valence-corrected chi connectivity index (χ4v) is 2.91. The van der Waals surface area contributed by atoms with Crippen molar-refractivity contribution in [1.82, 2.24) is 0 Å². The molecule has 2 heteroatoms. The summed E-state index contributed by atoms with van der Waals surface area (Å²) >= 11 is 0. The second kappa shape index (κ2) is 6.85. The van der Waals surface area contributed by atoms with Crippen molar-refractivity contribution in [3.63, 3.8) is 0 Å². The summed E-state index contributed by atoms with van der Waals surface area (Å²) in [5.41, 5.74) is 2.29. The fraction of sp³-hybridized carbons (Fsp3) is 0.588. The van der Waals surface area contributed by atoms with E-state index >= 15 is 0 Å². The number of hydrogen-bond donors (Lipinski definition) is 1. The van der Waals surface area contributed by atoms with Crippen LogP contribution >= 0.6 is 0 Å². The zero-order valence-corrected chi connectivity index (χ0v) is 11.8. The minimum Gasteiger partial charge on any atom is -0.385 e. The zero-order valence-electron chi connectivity index (χ0n) is 11.8. The summed E-state index contributed by atoms with van der Waals surface area (Å²) in [5, 5.41) is 10.2. The van der Waals surface area contributed by atoms with Gasteiger partial charge in [0.05, 0.1) is 0 Å². The molecule has 1 unspecified atom stereocenters. The Labute approximate surface area is 115 Å². The number of carbonyl (C=O) groups is 1. The van der Waals surface area contributed by atoms with Crippen LogP contribution in [0.1, 0.15) is 50.2 Å². The summed E-state index contributed by atoms with van der Waals surface area (Å²) in [6.45, 7) is 2.12.